The summed E-state index contributed by atoms with van der Waals surface area (Å²) in [6, 6.07) is 3.12. The molecular formula is C12H18N2O4S. The van der Waals surface area contributed by atoms with E-state index in [1.54, 1.807) is 19.9 Å². The number of nitrogens with two attached hydrogens (primary N) is 1. The average Bonchev–Trinajstić information content (AvgIpc) is 2.33. The Bertz CT molecular complexity index is 582. The van der Waals surface area contributed by atoms with Gasteiger partial charge in [0.2, 0.25) is 10.0 Å². The first-order valence-corrected chi connectivity index (χ1v) is 7.19. The molecule has 0 saturated carbocycles. The van der Waals surface area contributed by atoms with Gasteiger partial charge in [0.15, 0.2) is 0 Å². The van der Waals surface area contributed by atoms with Gasteiger partial charge in [0, 0.05) is 12.2 Å². The Labute approximate surface area is 113 Å². The summed E-state index contributed by atoms with van der Waals surface area (Å²) in [5.41, 5.74) is 7.48. The van der Waals surface area contributed by atoms with Gasteiger partial charge in [-0.25, -0.2) is 13.1 Å². The van der Waals surface area contributed by atoms with E-state index in [2.05, 4.69) is 9.46 Å². The van der Waals surface area contributed by atoms with Crippen LogP contribution in [0.3, 0.4) is 0 Å². The zero-order valence-corrected chi connectivity index (χ0v) is 12.0. The van der Waals surface area contributed by atoms with E-state index in [1.165, 1.54) is 13.2 Å². The molecule has 6 nitrogen and oxygen atoms in total. The third-order valence-corrected chi connectivity index (χ3v) is 4.37. The van der Waals surface area contributed by atoms with E-state index in [4.69, 9.17) is 5.73 Å². The van der Waals surface area contributed by atoms with Crippen molar-refractivity contribution in [3.05, 3.63) is 23.3 Å². The van der Waals surface area contributed by atoms with Crippen molar-refractivity contribution < 1.29 is 17.9 Å². The molecule has 106 valence electrons. The fourth-order valence-electron chi connectivity index (χ4n) is 1.60. The highest BCUT2D eigenvalue weighted by Crippen LogP contribution is 2.22. The molecule has 0 unspecified atom stereocenters. The summed E-state index contributed by atoms with van der Waals surface area (Å²) >= 11 is 0. The fourth-order valence-corrected chi connectivity index (χ4v) is 2.98. The number of nitrogens with one attached hydrogen (secondary N) is 1. The predicted octanol–water partition coefficient (Wildman–Crippen LogP) is 0.727. The van der Waals surface area contributed by atoms with E-state index in [-0.39, 0.29) is 17.9 Å². The minimum atomic E-state index is -3.68. The summed E-state index contributed by atoms with van der Waals surface area (Å²) in [6.07, 6.45) is -0.0178. The predicted molar refractivity (Wildman–Crippen MR) is 72.1 cm³/mol. The number of hydrogen-bond donors (Lipinski definition) is 2. The Morgan fingerprint density at radius 2 is 2.00 bits per heavy atom. The number of benzene rings is 1. The largest absolute Gasteiger partial charge is 0.469 e. The summed E-state index contributed by atoms with van der Waals surface area (Å²) in [6.45, 7) is 3.49. The smallest absolute Gasteiger partial charge is 0.306 e. The van der Waals surface area contributed by atoms with Crippen molar-refractivity contribution in [2.75, 3.05) is 19.4 Å². The second-order valence-corrected chi connectivity index (χ2v) is 5.92. The maximum Gasteiger partial charge on any atom is 0.306 e. The highest BCUT2D eigenvalue weighted by atomic mass is 32.2. The summed E-state index contributed by atoms with van der Waals surface area (Å²) in [5, 5.41) is 0. The van der Waals surface area contributed by atoms with Gasteiger partial charge in [-0.3, -0.25) is 4.79 Å². The standard InChI is InChI=1S/C12H18N2O4S/c1-8-6-10(13)7-11(9(8)2)19(16,17)14-5-4-12(15)18-3/h6-7,14H,4-5,13H2,1-3H3. The number of methoxy groups -OCH3 is 1. The number of aryl methyl sites for hydroxylation is 1. The topological polar surface area (TPSA) is 98.5 Å². The van der Waals surface area contributed by atoms with E-state index < -0.39 is 16.0 Å². The normalized spacial score (nSPS) is 11.3. The second-order valence-electron chi connectivity index (χ2n) is 4.18. The third kappa shape index (κ3) is 3.93. The minimum absolute atomic E-state index is 0.0116. The first-order chi connectivity index (χ1) is 8.77. The van der Waals surface area contributed by atoms with Gasteiger partial charge in [-0.05, 0) is 37.1 Å². The number of carbonyl (C=O) groups excluding carboxylic acids is 1. The Morgan fingerprint density at radius 3 is 2.58 bits per heavy atom. The molecule has 0 bridgehead atoms. The quantitative estimate of drug-likeness (QED) is 0.614. The highest BCUT2D eigenvalue weighted by Gasteiger charge is 2.18. The van der Waals surface area contributed by atoms with Gasteiger partial charge >= 0.3 is 5.97 Å². The van der Waals surface area contributed by atoms with Crippen LogP contribution in [0, 0.1) is 13.8 Å². The van der Waals surface area contributed by atoms with E-state index >= 15 is 0 Å². The average molecular weight is 286 g/mol. The van der Waals surface area contributed by atoms with Crippen molar-refractivity contribution in [2.45, 2.75) is 25.2 Å². The maximum absolute atomic E-state index is 12.1. The molecular weight excluding hydrogens is 268 g/mol. The molecule has 19 heavy (non-hydrogen) atoms. The Balaban J connectivity index is 2.92. The van der Waals surface area contributed by atoms with Crippen molar-refractivity contribution in [2.24, 2.45) is 0 Å². The molecule has 1 aromatic rings. The van der Waals surface area contributed by atoms with Gasteiger partial charge < -0.3 is 10.5 Å². The van der Waals surface area contributed by atoms with Crippen LogP contribution in [0.1, 0.15) is 17.5 Å². The molecule has 7 heteroatoms. The molecule has 0 atom stereocenters. The van der Waals surface area contributed by atoms with Gasteiger partial charge in [-0.1, -0.05) is 0 Å². The van der Waals surface area contributed by atoms with Crippen LogP contribution in [-0.2, 0) is 19.6 Å². The first-order valence-electron chi connectivity index (χ1n) is 5.71. The number of esters is 1. The first kappa shape index (κ1) is 15.5. The second kappa shape index (κ2) is 6.03. The molecule has 0 spiro atoms. The molecule has 0 heterocycles. The van der Waals surface area contributed by atoms with Crippen molar-refractivity contribution in [1.29, 1.82) is 0 Å². The zero-order valence-electron chi connectivity index (χ0n) is 11.2. The lowest BCUT2D eigenvalue weighted by Gasteiger charge is -2.12. The van der Waals surface area contributed by atoms with Crippen LogP contribution < -0.4 is 10.5 Å². The Hall–Kier alpha value is -1.60. The van der Waals surface area contributed by atoms with Crippen LogP contribution in [0.5, 0.6) is 0 Å². The molecule has 0 aromatic heterocycles. The summed E-state index contributed by atoms with van der Waals surface area (Å²) in [7, 11) is -2.43. The monoisotopic (exact) mass is 286 g/mol. The van der Waals surface area contributed by atoms with Crippen LogP contribution in [0.2, 0.25) is 0 Å². The summed E-state index contributed by atoms with van der Waals surface area (Å²) < 4.78 is 31.0. The van der Waals surface area contributed by atoms with Crippen LogP contribution in [0.25, 0.3) is 0 Å². The number of carbonyl (C=O) groups is 1. The minimum Gasteiger partial charge on any atom is -0.469 e. The van der Waals surface area contributed by atoms with Crippen LogP contribution in [0.15, 0.2) is 17.0 Å². The van der Waals surface area contributed by atoms with Gasteiger partial charge in [-0.15, -0.1) is 0 Å². The number of rotatable bonds is 5. The van der Waals surface area contributed by atoms with E-state index in [0.717, 1.165) is 5.56 Å². The third-order valence-electron chi connectivity index (χ3n) is 2.78. The van der Waals surface area contributed by atoms with Crippen molar-refractivity contribution in [3.8, 4) is 0 Å². The lowest BCUT2D eigenvalue weighted by atomic mass is 10.1. The number of anilines is 1. The number of ether oxygens (including phenoxy) is 1. The van der Waals surface area contributed by atoms with E-state index in [9.17, 15) is 13.2 Å². The highest BCUT2D eigenvalue weighted by molar-refractivity contribution is 7.89. The number of nitrogen functional groups attached to an aromatic ring is 1. The van der Waals surface area contributed by atoms with Gasteiger partial charge in [0.25, 0.3) is 0 Å². The van der Waals surface area contributed by atoms with Crippen molar-refractivity contribution in [3.63, 3.8) is 0 Å². The van der Waals surface area contributed by atoms with Gasteiger partial charge in [0.1, 0.15) is 0 Å². The fraction of sp³-hybridized carbons (Fsp3) is 0.417. The van der Waals surface area contributed by atoms with Crippen molar-refractivity contribution >= 4 is 21.7 Å². The van der Waals surface area contributed by atoms with E-state index in [0.29, 0.717) is 11.3 Å². The molecule has 0 aliphatic carbocycles. The lowest BCUT2D eigenvalue weighted by Crippen LogP contribution is -2.27. The molecule has 0 saturated heterocycles. The van der Waals surface area contributed by atoms with Crippen molar-refractivity contribution in [1.82, 2.24) is 4.72 Å². The molecule has 0 fully saturated rings. The molecule has 0 amide bonds. The molecule has 0 radical (unpaired) electrons. The number of sulfonamides is 1. The van der Waals surface area contributed by atoms with Crippen LogP contribution in [-0.4, -0.2) is 28.0 Å². The van der Waals surface area contributed by atoms with Gasteiger partial charge in [0.05, 0.1) is 18.4 Å². The Kier molecular flexibility index (Phi) is 4.90. The van der Waals surface area contributed by atoms with Crippen LogP contribution >= 0.6 is 0 Å². The lowest BCUT2D eigenvalue weighted by molar-refractivity contribution is -0.140. The summed E-state index contributed by atoms with van der Waals surface area (Å²) in [4.78, 5) is 11.1. The zero-order chi connectivity index (χ0) is 14.6. The maximum atomic E-state index is 12.1. The number of hydrogen-bond acceptors (Lipinski definition) is 5. The molecule has 0 aliphatic heterocycles. The van der Waals surface area contributed by atoms with Gasteiger partial charge in [-0.2, -0.15) is 0 Å². The Morgan fingerprint density at radius 1 is 1.37 bits per heavy atom. The van der Waals surface area contributed by atoms with Crippen LogP contribution in [0.4, 0.5) is 5.69 Å². The molecule has 3 N–H and O–H groups in total. The SMILES string of the molecule is COC(=O)CCNS(=O)(=O)c1cc(N)cc(C)c1C. The van der Waals surface area contributed by atoms with E-state index in [1.807, 2.05) is 0 Å². The molecule has 1 rings (SSSR count). The summed E-state index contributed by atoms with van der Waals surface area (Å²) in [5.74, 6) is -0.469. The molecule has 1 aromatic carbocycles. The molecule has 0 aliphatic rings.